The van der Waals surface area contributed by atoms with Gasteiger partial charge in [0.2, 0.25) is 0 Å². The fourth-order valence-electron chi connectivity index (χ4n) is 7.51. The van der Waals surface area contributed by atoms with E-state index < -0.39 is 0 Å². The lowest BCUT2D eigenvalue weighted by Gasteiger charge is -2.20. The van der Waals surface area contributed by atoms with Gasteiger partial charge in [0.1, 0.15) is 0 Å². The monoisotopic (exact) mass is 676 g/mol. The standard InChI is InChI=1S/C49H32N4/c1-5-17-33(18-6-1)40-32-46(53-44-28-16-15-27-39(44)42-29-37-25-13-14-26-38(37)30-45(42)53)41(34-19-7-2-8-20-34)31-43(40)49-51-47(35-21-9-3-10-22-35)50-48(52-49)36-23-11-4-12-24-36/h1-32H. The molecule has 0 unspecified atom stereocenters. The van der Waals surface area contributed by atoms with E-state index in [0.29, 0.717) is 17.5 Å². The molecule has 0 fully saturated rings. The lowest BCUT2D eigenvalue weighted by molar-refractivity contribution is 1.07. The summed E-state index contributed by atoms with van der Waals surface area (Å²) in [6.07, 6.45) is 0. The molecule has 0 bridgehead atoms. The van der Waals surface area contributed by atoms with Gasteiger partial charge in [0.25, 0.3) is 0 Å². The number of para-hydroxylation sites is 1. The second-order valence-electron chi connectivity index (χ2n) is 13.3. The van der Waals surface area contributed by atoms with Gasteiger partial charge in [0.15, 0.2) is 17.5 Å². The Balaban J connectivity index is 1.33. The van der Waals surface area contributed by atoms with Crippen LogP contribution in [0.3, 0.4) is 0 Å². The van der Waals surface area contributed by atoms with Gasteiger partial charge >= 0.3 is 0 Å². The molecule has 2 heterocycles. The number of aromatic nitrogens is 4. The highest BCUT2D eigenvalue weighted by molar-refractivity contribution is 6.14. The fraction of sp³-hybridized carbons (Fsp3) is 0. The zero-order valence-electron chi connectivity index (χ0n) is 28.8. The first-order valence-electron chi connectivity index (χ1n) is 17.9. The molecule has 0 aliphatic heterocycles. The third kappa shape index (κ3) is 5.45. The molecule has 0 N–H and O–H groups in total. The molecule has 4 nitrogen and oxygen atoms in total. The van der Waals surface area contributed by atoms with E-state index in [-0.39, 0.29) is 0 Å². The minimum absolute atomic E-state index is 0.619. The number of fused-ring (bicyclic) bond motifs is 4. The van der Waals surface area contributed by atoms with Gasteiger partial charge in [-0.15, -0.1) is 0 Å². The van der Waals surface area contributed by atoms with Crippen LogP contribution in [0, 0.1) is 0 Å². The lowest BCUT2D eigenvalue weighted by Crippen LogP contribution is -2.03. The van der Waals surface area contributed by atoms with Crippen LogP contribution in [0.1, 0.15) is 0 Å². The van der Waals surface area contributed by atoms with Crippen LogP contribution in [-0.4, -0.2) is 19.5 Å². The Kier molecular flexibility index (Phi) is 7.43. The summed E-state index contributed by atoms with van der Waals surface area (Å²) in [5.41, 5.74) is 10.5. The summed E-state index contributed by atoms with van der Waals surface area (Å²) >= 11 is 0. The Morgan fingerprint density at radius 1 is 0.302 bits per heavy atom. The van der Waals surface area contributed by atoms with Gasteiger partial charge in [-0.2, -0.15) is 0 Å². The average molecular weight is 677 g/mol. The summed E-state index contributed by atoms with van der Waals surface area (Å²) in [5.74, 6) is 1.88. The molecular weight excluding hydrogens is 645 g/mol. The first-order valence-corrected chi connectivity index (χ1v) is 17.9. The van der Waals surface area contributed by atoms with E-state index in [4.69, 9.17) is 15.0 Å². The predicted molar refractivity (Wildman–Crippen MR) is 219 cm³/mol. The molecule has 0 spiro atoms. The topological polar surface area (TPSA) is 43.6 Å². The third-order valence-electron chi connectivity index (χ3n) is 10.0. The van der Waals surface area contributed by atoms with Crippen LogP contribution in [0.15, 0.2) is 194 Å². The highest BCUT2D eigenvalue weighted by Gasteiger charge is 2.22. The maximum Gasteiger partial charge on any atom is 0.164 e. The van der Waals surface area contributed by atoms with Crippen LogP contribution in [0.25, 0.3) is 94.7 Å². The average Bonchev–Trinajstić information content (AvgIpc) is 3.56. The van der Waals surface area contributed by atoms with E-state index in [2.05, 4.69) is 162 Å². The lowest BCUT2D eigenvalue weighted by atomic mass is 9.92. The molecule has 0 radical (unpaired) electrons. The largest absolute Gasteiger partial charge is 0.309 e. The van der Waals surface area contributed by atoms with Crippen LogP contribution in [-0.2, 0) is 0 Å². The second kappa shape index (κ2) is 12.9. The molecule has 10 rings (SSSR count). The molecule has 0 aliphatic rings. The van der Waals surface area contributed by atoms with E-state index in [1.807, 2.05) is 36.4 Å². The first kappa shape index (κ1) is 30.6. The van der Waals surface area contributed by atoms with Gasteiger partial charge in [-0.25, -0.2) is 15.0 Å². The van der Waals surface area contributed by atoms with Crippen molar-refractivity contribution in [3.8, 4) is 62.1 Å². The van der Waals surface area contributed by atoms with Crippen molar-refractivity contribution in [2.45, 2.75) is 0 Å². The van der Waals surface area contributed by atoms with Crippen molar-refractivity contribution in [2.75, 3.05) is 0 Å². The van der Waals surface area contributed by atoms with Crippen molar-refractivity contribution in [1.29, 1.82) is 0 Å². The molecule has 2 aromatic heterocycles. The van der Waals surface area contributed by atoms with E-state index in [1.165, 1.54) is 21.5 Å². The van der Waals surface area contributed by atoms with Crippen LogP contribution in [0.5, 0.6) is 0 Å². The summed E-state index contributed by atoms with van der Waals surface area (Å²) in [6, 6.07) is 68.2. The second-order valence-corrected chi connectivity index (χ2v) is 13.3. The molecule has 0 atom stereocenters. The van der Waals surface area contributed by atoms with E-state index in [9.17, 15) is 0 Å². The molecule has 10 aromatic rings. The molecule has 248 valence electrons. The summed E-state index contributed by atoms with van der Waals surface area (Å²) in [4.78, 5) is 15.4. The first-order chi connectivity index (χ1) is 26.3. The summed E-state index contributed by atoms with van der Waals surface area (Å²) in [5, 5.41) is 4.87. The Labute approximate surface area is 307 Å². The van der Waals surface area contributed by atoms with E-state index in [0.717, 1.165) is 55.7 Å². The zero-order chi connectivity index (χ0) is 35.1. The van der Waals surface area contributed by atoms with E-state index in [1.54, 1.807) is 0 Å². The Morgan fingerprint density at radius 3 is 1.38 bits per heavy atom. The molecule has 0 amide bonds. The maximum atomic E-state index is 5.22. The zero-order valence-corrected chi connectivity index (χ0v) is 28.8. The van der Waals surface area contributed by atoms with E-state index >= 15 is 0 Å². The summed E-state index contributed by atoms with van der Waals surface area (Å²) < 4.78 is 2.44. The minimum atomic E-state index is 0.619. The van der Waals surface area contributed by atoms with Crippen molar-refractivity contribution in [3.05, 3.63) is 194 Å². The van der Waals surface area contributed by atoms with Crippen molar-refractivity contribution < 1.29 is 0 Å². The van der Waals surface area contributed by atoms with Gasteiger partial charge in [-0.3, -0.25) is 0 Å². The summed E-state index contributed by atoms with van der Waals surface area (Å²) in [7, 11) is 0. The smallest absolute Gasteiger partial charge is 0.164 e. The highest BCUT2D eigenvalue weighted by Crippen LogP contribution is 2.43. The SMILES string of the molecule is c1ccc(-c2nc(-c3ccccc3)nc(-c3cc(-c4ccccc4)c(-n4c5ccccc5c5cc6ccccc6cc54)cc3-c3ccccc3)n2)cc1. The fourth-order valence-corrected chi connectivity index (χ4v) is 7.51. The number of nitrogens with zero attached hydrogens (tertiary/aromatic N) is 4. The number of hydrogen-bond acceptors (Lipinski definition) is 3. The van der Waals surface area contributed by atoms with Gasteiger partial charge in [0, 0.05) is 33.0 Å². The van der Waals surface area contributed by atoms with Crippen molar-refractivity contribution in [1.82, 2.24) is 19.5 Å². The number of hydrogen-bond donors (Lipinski definition) is 0. The highest BCUT2D eigenvalue weighted by atomic mass is 15.0. The molecule has 4 heteroatoms. The molecule has 0 saturated heterocycles. The van der Waals surface area contributed by atoms with Crippen LogP contribution >= 0.6 is 0 Å². The Morgan fingerprint density at radius 2 is 0.774 bits per heavy atom. The van der Waals surface area contributed by atoms with Gasteiger partial charge in [0.05, 0.1) is 16.7 Å². The molecule has 53 heavy (non-hydrogen) atoms. The maximum absolute atomic E-state index is 5.22. The molecule has 0 aliphatic carbocycles. The summed E-state index contributed by atoms with van der Waals surface area (Å²) in [6.45, 7) is 0. The molecule has 8 aromatic carbocycles. The van der Waals surface area contributed by atoms with Gasteiger partial charge < -0.3 is 4.57 Å². The molecule has 0 saturated carbocycles. The third-order valence-corrected chi connectivity index (χ3v) is 10.0. The Hall–Kier alpha value is -7.17. The van der Waals surface area contributed by atoms with Crippen LogP contribution < -0.4 is 0 Å². The van der Waals surface area contributed by atoms with Crippen LogP contribution in [0.2, 0.25) is 0 Å². The van der Waals surface area contributed by atoms with Gasteiger partial charge in [-0.05, 0) is 57.8 Å². The minimum Gasteiger partial charge on any atom is -0.309 e. The van der Waals surface area contributed by atoms with Crippen LogP contribution in [0.4, 0.5) is 0 Å². The normalized spacial score (nSPS) is 11.4. The Bertz CT molecular complexity index is 2860. The van der Waals surface area contributed by atoms with Crippen molar-refractivity contribution >= 4 is 32.6 Å². The van der Waals surface area contributed by atoms with Crippen molar-refractivity contribution in [2.24, 2.45) is 0 Å². The number of benzene rings is 8. The molecular formula is C49H32N4. The van der Waals surface area contributed by atoms with Gasteiger partial charge in [-0.1, -0.05) is 164 Å². The quantitative estimate of drug-likeness (QED) is 0.176. The number of rotatable bonds is 6. The van der Waals surface area contributed by atoms with Crippen molar-refractivity contribution in [3.63, 3.8) is 0 Å². The predicted octanol–water partition coefficient (Wildman–Crippen LogP) is 12.5.